The first-order chi connectivity index (χ1) is 7.72. The fourth-order valence-electron chi connectivity index (χ4n) is 2.91. The zero-order valence-electron chi connectivity index (χ0n) is 9.98. The minimum Gasteiger partial charge on any atom is -0.394 e. The predicted octanol–water partition coefficient (Wildman–Crippen LogP) is 0.358. The van der Waals surface area contributed by atoms with Gasteiger partial charge in [-0.25, -0.2) is 0 Å². The summed E-state index contributed by atoms with van der Waals surface area (Å²) in [6.07, 6.45) is 3.88. The molecule has 3 atom stereocenters. The predicted molar refractivity (Wildman–Crippen MR) is 62.0 cm³/mol. The Balaban J connectivity index is 1.95. The van der Waals surface area contributed by atoms with Crippen molar-refractivity contribution in [3.63, 3.8) is 0 Å². The molecule has 2 fully saturated rings. The van der Waals surface area contributed by atoms with Crippen LogP contribution in [-0.2, 0) is 4.79 Å². The van der Waals surface area contributed by atoms with E-state index in [0.717, 1.165) is 38.8 Å². The average molecular weight is 226 g/mol. The van der Waals surface area contributed by atoms with Crippen molar-refractivity contribution in [2.75, 3.05) is 19.7 Å². The van der Waals surface area contributed by atoms with E-state index < -0.39 is 0 Å². The molecule has 2 aliphatic heterocycles. The minimum atomic E-state index is 0.0812. The highest BCUT2D eigenvalue weighted by atomic mass is 16.3. The van der Waals surface area contributed by atoms with Crippen LogP contribution in [0.15, 0.2) is 0 Å². The number of carbonyl (C=O) groups is 1. The Kier molecular flexibility index (Phi) is 3.82. The highest BCUT2D eigenvalue weighted by molar-refractivity contribution is 5.79. The lowest BCUT2D eigenvalue weighted by molar-refractivity contribution is -0.138. The molecule has 0 spiro atoms. The van der Waals surface area contributed by atoms with Crippen LogP contribution < -0.4 is 5.32 Å². The van der Waals surface area contributed by atoms with E-state index in [1.54, 1.807) is 0 Å². The molecule has 16 heavy (non-hydrogen) atoms. The Morgan fingerprint density at radius 1 is 1.50 bits per heavy atom. The molecule has 0 radical (unpaired) electrons. The molecule has 92 valence electrons. The van der Waals surface area contributed by atoms with Crippen molar-refractivity contribution < 1.29 is 9.90 Å². The minimum absolute atomic E-state index is 0.0812. The van der Waals surface area contributed by atoms with E-state index in [9.17, 15) is 9.90 Å². The summed E-state index contributed by atoms with van der Waals surface area (Å²) in [4.78, 5) is 14.2. The van der Waals surface area contributed by atoms with Crippen molar-refractivity contribution in [2.24, 2.45) is 5.92 Å². The molecule has 2 rings (SSSR count). The highest BCUT2D eigenvalue weighted by Crippen LogP contribution is 2.24. The third-order valence-corrected chi connectivity index (χ3v) is 3.84. The monoisotopic (exact) mass is 226 g/mol. The Morgan fingerprint density at radius 2 is 2.31 bits per heavy atom. The van der Waals surface area contributed by atoms with Crippen LogP contribution in [0.4, 0.5) is 0 Å². The van der Waals surface area contributed by atoms with Crippen LogP contribution in [0.2, 0.25) is 0 Å². The number of carbonyl (C=O) groups excluding carboxylic acids is 1. The summed E-state index contributed by atoms with van der Waals surface area (Å²) in [6, 6.07) is 0.524. The molecule has 0 bridgehead atoms. The van der Waals surface area contributed by atoms with E-state index in [1.165, 1.54) is 0 Å². The standard InChI is InChI=1S/C12H22N2O2/c1-9-7-10(4-5-13-9)12(16)14-6-2-3-11(14)8-15/h9-11,13,15H,2-8H2,1H3/t9?,10?,11-/m0/s1. The Bertz CT molecular complexity index is 257. The third-order valence-electron chi connectivity index (χ3n) is 3.84. The van der Waals surface area contributed by atoms with E-state index in [0.29, 0.717) is 6.04 Å². The molecule has 0 aromatic carbocycles. The molecular weight excluding hydrogens is 204 g/mol. The summed E-state index contributed by atoms with van der Waals surface area (Å²) in [5.74, 6) is 0.438. The summed E-state index contributed by atoms with van der Waals surface area (Å²) in [5, 5.41) is 12.6. The fraction of sp³-hybridized carbons (Fsp3) is 0.917. The molecule has 0 aliphatic carbocycles. The SMILES string of the molecule is CC1CC(C(=O)N2CCC[C@H]2CO)CCN1. The van der Waals surface area contributed by atoms with Crippen molar-refractivity contribution in [2.45, 2.75) is 44.7 Å². The van der Waals surface area contributed by atoms with Crippen LogP contribution in [0.5, 0.6) is 0 Å². The van der Waals surface area contributed by atoms with Crippen LogP contribution in [0.25, 0.3) is 0 Å². The highest BCUT2D eigenvalue weighted by Gasteiger charge is 2.34. The molecule has 2 aliphatic rings. The van der Waals surface area contributed by atoms with E-state index >= 15 is 0 Å². The van der Waals surface area contributed by atoms with Gasteiger partial charge >= 0.3 is 0 Å². The van der Waals surface area contributed by atoms with Crippen molar-refractivity contribution in [3.05, 3.63) is 0 Å². The van der Waals surface area contributed by atoms with E-state index in [1.807, 2.05) is 4.90 Å². The average Bonchev–Trinajstić information content (AvgIpc) is 2.76. The number of likely N-dealkylation sites (tertiary alicyclic amines) is 1. The first-order valence-corrected chi connectivity index (χ1v) is 6.37. The van der Waals surface area contributed by atoms with Crippen molar-refractivity contribution >= 4 is 5.91 Å². The van der Waals surface area contributed by atoms with Gasteiger partial charge in [-0.1, -0.05) is 0 Å². The largest absolute Gasteiger partial charge is 0.394 e. The van der Waals surface area contributed by atoms with Crippen LogP contribution >= 0.6 is 0 Å². The second-order valence-corrected chi connectivity index (χ2v) is 5.09. The molecule has 0 saturated carbocycles. The maximum absolute atomic E-state index is 12.3. The van der Waals surface area contributed by atoms with Gasteiger partial charge in [-0.3, -0.25) is 4.79 Å². The van der Waals surface area contributed by atoms with Gasteiger partial charge in [0.2, 0.25) is 5.91 Å². The molecule has 0 aromatic rings. The van der Waals surface area contributed by atoms with Crippen LogP contribution in [0.3, 0.4) is 0 Å². The number of hydrogen-bond donors (Lipinski definition) is 2. The number of piperidine rings is 1. The van der Waals surface area contributed by atoms with Gasteiger partial charge in [-0.05, 0) is 39.2 Å². The maximum atomic E-state index is 12.3. The first kappa shape index (κ1) is 11.9. The zero-order chi connectivity index (χ0) is 11.5. The number of nitrogens with zero attached hydrogens (tertiary/aromatic N) is 1. The lowest BCUT2D eigenvalue weighted by Crippen LogP contribution is -2.46. The number of nitrogens with one attached hydrogen (secondary N) is 1. The molecule has 0 aromatic heterocycles. The quantitative estimate of drug-likeness (QED) is 0.715. The normalized spacial score (nSPS) is 35.4. The molecule has 4 heteroatoms. The van der Waals surface area contributed by atoms with E-state index in [4.69, 9.17) is 0 Å². The number of aliphatic hydroxyl groups is 1. The zero-order valence-corrected chi connectivity index (χ0v) is 9.98. The topological polar surface area (TPSA) is 52.6 Å². The number of amides is 1. The molecule has 2 saturated heterocycles. The van der Waals surface area contributed by atoms with Crippen LogP contribution in [0, 0.1) is 5.92 Å². The fourth-order valence-corrected chi connectivity index (χ4v) is 2.91. The molecular formula is C12H22N2O2. The first-order valence-electron chi connectivity index (χ1n) is 6.37. The summed E-state index contributed by atoms with van der Waals surface area (Å²) in [5.41, 5.74) is 0. The summed E-state index contributed by atoms with van der Waals surface area (Å²) in [6.45, 7) is 4.02. The van der Waals surface area contributed by atoms with Gasteiger partial charge in [0.1, 0.15) is 0 Å². The lowest BCUT2D eigenvalue weighted by atomic mass is 9.92. The lowest BCUT2D eigenvalue weighted by Gasteiger charge is -2.32. The van der Waals surface area contributed by atoms with Crippen molar-refractivity contribution in [1.82, 2.24) is 10.2 Å². The second kappa shape index (κ2) is 5.15. The summed E-state index contributed by atoms with van der Waals surface area (Å²) in [7, 11) is 0. The summed E-state index contributed by atoms with van der Waals surface area (Å²) >= 11 is 0. The van der Waals surface area contributed by atoms with Crippen LogP contribution in [0.1, 0.15) is 32.6 Å². The molecule has 2 unspecified atom stereocenters. The number of rotatable bonds is 2. The van der Waals surface area contributed by atoms with E-state index in [-0.39, 0.29) is 24.5 Å². The van der Waals surface area contributed by atoms with Gasteiger partial charge in [0.25, 0.3) is 0 Å². The van der Waals surface area contributed by atoms with Crippen molar-refractivity contribution in [1.29, 1.82) is 0 Å². The molecule has 2 N–H and O–H groups in total. The third kappa shape index (κ3) is 2.38. The second-order valence-electron chi connectivity index (χ2n) is 5.09. The molecule has 4 nitrogen and oxygen atoms in total. The Morgan fingerprint density at radius 3 is 3.00 bits per heavy atom. The smallest absolute Gasteiger partial charge is 0.226 e. The van der Waals surface area contributed by atoms with Crippen LogP contribution in [-0.4, -0.2) is 47.7 Å². The molecule has 2 heterocycles. The van der Waals surface area contributed by atoms with Gasteiger partial charge in [0, 0.05) is 18.5 Å². The van der Waals surface area contributed by atoms with E-state index in [2.05, 4.69) is 12.2 Å². The number of aliphatic hydroxyl groups excluding tert-OH is 1. The Labute approximate surface area is 97.0 Å². The van der Waals surface area contributed by atoms with Gasteiger partial charge < -0.3 is 15.3 Å². The number of hydrogen-bond acceptors (Lipinski definition) is 3. The van der Waals surface area contributed by atoms with Gasteiger partial charge in [-0.2, -0.15) is 0 Å². The maximum Gasteiger partial charge on any atom is 0.226 e. The Hall–Kier alpha value is -0.610. The van der Waals surface area contributed by atoms with Crippen molar-refractivity contribution in [3.8, 4) is 0 Å². The van der Waals surface area contributed by atoms with Gasteiger partial charge in [0.05, 0.1) is 12.6 Å². The van der Waals surface area contributed by atoms with Gasteiger partial charge in [0.15, 0.2) is 0 Å². The molecule has 1 amide bonds. The van der Waals surface area contributed by atoms with Gasteiger partial charge in [-0.15, -0.1) is 0 Å². The summed E-state index contributed by atoms with van der Waals surface area (Å²) < 4.78 is 0.